The molecule has 1 fully saturated rings. The molecule has 1 aliphatic rings. The summed E-state index contributed by atoms with van der Waals surface area (Å²) in [6.07, 6.45) is 5.28. The van der Waals surface area contributed by atoms with Crippen LogP contribution in [0.1, 0.15) is 31.7 Å². The monoisotopic (exact) mass is 293 g/mol. The quantitative estimate of drug-likeness (QED) is 0.615. The smallest absolute Gasteiger partial charge is 0.323 e. The van der Waals surface area contributed by atoms with Crippen LogP contribution in [-0.4, -0.2) is 36.3 Å². The molecule has 0 N–H and O–H groups in total. The third-order valence-corrected chi connectivity index (χ3v) is 4.46. The summed E-state index contributed by atoms with van der Waals surface area (Å²) in [4.78, 5) is 15.6. The summed E-state index contributed by atoms with van der Waals surface area (Å²) in [6, 6.07) is 8.53. The van der Waals surface area contributed by atoms with E-state index in [0.29, 0.717) is 6.61 Å². The molecule has 110 valence electrons. The van der Waals surface area contributed by atoms with Crippen molar-refractivity contribution in [1.29, 1.82) is 0 Å². The molecule has 1 unspecified atom stereocenters. The fourth-order valence-corrected chi connectivity index (χ4v) is 3.06. The van der Waals surface area contributed by atoms with Crippen molar-refractivity contribution in [3.05, 3.63) is 29.8 Å². The van der Waals surface area contributed by atoms with Crippen LogP contribution in [0, 0.1) is 0 Å². The average molecular weight is 293 g/mol. The number of thioether (sulfide) groups is 1. The number of piperidine rings is 1. The Balaban J connectivity index is 2.02. The van der Waals surface area contributed by atoms with Crippen LogP contribution in [0.2, 0.25) is 0 Å². The van der Waals surface area contributed by atoms with Crippen molar-refractivity contribution >= 4 is 17.7 Å². The molecule has 1 aromatic rings. The maximum absolute atomic E-state index is 12.0. The second-order valence-corrected chi connectivity index (χ2v) is 5.96. The third-order valence-electron chi connectivity index (χ3n) is 3.72. The van der Waals surface area contributed by atoms with Gasteiger partial charge in [0.1, 0.15) is 6.04 Å². The van der Waals surface area contributed by atoms with Crippen LogP contribution < -0.4 is 0 Å². The van der Waals surface area contributed by atoms with E-state index in [4.69, 9.17) is 4.74 Å². The zero-order valence-corrected chi connectivity index (χ0v) is 13.1. The zero-order chi connectivity index (χ0) is 14.4. The van der Waals surface area contributed by atoms with Crippen LogP contribution >= 0.6 is 11.8 Å². The molecule has 4 heteroatoms. The molecule has 1 heterocycles. The summed E-state index contributed by atoms with van der Waals surface area (Å²) in [7, 11) is 0. The number of rotatable bonds is 5. The van der Waals surface area contributed by atoms with Gasteiger partial charge in [-0.25, -0.2) is 0 Å². The van der Waals surface area contributed by atoms with Gasteiger partial charge >= 0.3 is 5.97 Å². The van der Waals surface area contributed by atoms with Gasteiger partial charge in [-0.15, -0.1) is 11.8 Å². The molecule has 2 rings (SSSR count). The SMILES string of the molecule is CCOC(=O)C1CCCCN1Cc1ccc(SC)cc1. The van der Waals surface area contributed by atoms with Crippen molar-refractivity contribution in [2.75, 3.05) is 19.4 Å². The summed E-state index contributed by atoms with van der Waals surface area (Å²) in [6.45, 7) is 4.14. The van der Waals surface area contributed by atoms with Crippen LogP contribution in [0.3, 0.4) is 0 Å². The molecule has 3 nitrogen and oxygen atoms in total. The van der Waals surface area contributed by atoms with E-state index in [-0.39, 0.29) is 12.0 Å². The molecule has 0 aliphatic carbocycles. The first-order valence-electron chi connectivity index (χ1n) is 7.28. The Morgan fingerprint density at radius 1 is 1.35 bits per heavy atom. The number of hydrogen-bond acceptors (Lipinski definition) is 4. The Morgan fingerprint density at radius 3 is 2.75 bits per heavy atom. The van der Waals surface area contributed by atoms with E-state index < -0.39 is 0 Å². The van der Waals surface area contributed by atoms with E-state index in [9.17, 15) is 4.79 Å². The molecule has 0 spiro atoms. The van der Waals surface area contributed by atoms with Crippen LogP contribution in [0.5, 0.6) is 0 Å². The third kappa shape index (κ3) is 4.00. The molecule has 1 saturated heterocycles. The number of benzene rings is 1. The minimum Gasteiger partial charge on any atom is -0.465 e. The lowest BCUT2D eigenvalue weighted by Gasteiger charge is -2.33. The Hall–Kier alpha value is -1.00. The van der Waals surface area contributed by atoms with Gasteiger partial charge in [-0.2, -0.15) is 0 Å². The molecular weight excluding hydrogens is 270 g/mol. The molecule has 0 saturated carbocycles. The lowest BCUT2D eigenvalue weighted by Crippen LogP contribution is -2.44. The maximum atomic E-state index is 12.0. The summed E-state index contributed by atoms with van der Waals surface area (Å²) in [5.74, 6) is -0.0621. The highest BCUT2D eigenvalue weighted by molar-refractivity contribution is 7.98. The second kappa shape index (κ2) is 7.70. The largest absolute Gasteiger partial charge is 0.465 e. The molecule has 20 heavy (non-hydrogen) atoms. The Labute approximate surface area is 125 Å². The summed E-state index contributed by atoms with van der Waals surface area (Å²) in [5, 5.41) is 0. The Kier molecular flexibility index (Phi) is 5.92. The minimum absolute atomic E-state index is 0.0621. The van der Waals surface area contributed by atoms with Gasteiger partial charge in [0.15, 0.2) is 0 Å². The summed E-state index contributed by atoms with van der Waals surface area (Å²) < 4.78 is 5.20. The number of ether oxygens (including phenoxy) is 1. The number of likely N-dealkylation sites (tertiary alicyclic amines) is 1. The van der Waals surface area contributed by atoms with E-state index >= 15 is 0 Å². The topological polar surface area (TPSA) is 29.5 Å². The van der Waals surface area contributed by atoms with E-state index in [2.05, 4.69) is 35.4 Å². The first kappa shape index (κ1) is 15.4. The highest BCUT2D eigenvalue weighted by atomic mass is 32.2. The summed E-state index contributed by atoms with van der Waals surface area (Å²) in [5.41, 5.74) is 1.26. The van der Waals surface area contributed by atoms with Gasteiger partial charge < -0.3 is 4.74 Å². The number of nitrogens with zero attached hydrogens (tertiary/aromatic N) is 1. The normalized spacial score (nSPS) is 19.8. The maximum Gasteiger partial charge on any atom is 0.323 e. The standard InChI is InChI=1S/C16H23NO2S/c1-3-19-16(18)15-6-4-5-11-17(15)12-13-7-9-14(20-2)10-8-13/h7-10,15H,3-6,11-12H2,1-2H3. The number of esters is 1. The van der Waals surface area contributed by atoms with Gasteiger partial charge in [-0.1, -0.05) is 18.6 Å². The van der Waals surface area contributed by atoms with E-state index in [1.54, 1.807) is 11.8 Å². The Bertz CT molecular complexity index is 433. The highest BCUT2D eigenvalue weighted by Gasteiger charge is 2.29. The predicted octanol–water partition coefficient (Wildman–Crippen LogP) is 3.33. The van der Waals surface area contributed by atoms with Crippen molar-refractivity contribution in [3.8, 4) is 0 Å². The molecule has 1 atom stereocenters. The van der Waals surface area contributed by atoms with Gasteiger partial charge in [0.2, 0.25) is 0 Å². The van der Waals surface area contributed by atoms with Crippen molar-refractivity contribution in [3.63, 3.8) is 0 Å². The number of carbonyl (C=O) groups is 1. The van der Waals surface area contributed by atoms with Gasteiger partial charge in [0.25, 0.3) is 0 Å². The van der Waals surface area contributed by atoms with E-state index in [1.807, 2.05) is 6.92 Å². The second-order valence-electron chi connectivity index (χ2n) is 5.08. The average Bonchev–Trinajstić information content (AvgIpc) is 2.49. The first-order chi connectivity index (χ1) is 9.74. The zero-order valence-electron chi connectivity index (χ0n) is 12.3. The van der Waals surface area contributed by atoms with Crippen molar-refractivity contribution < 1.29 is 9.53 Å². The van der Waals surface area contributed by atoms with Crippen molar-refractivity contribution in [2.24, 2.45) is 0 Å². The fourth-order valence-electron chi connectivity index (χ4n) is 2.65. The minimum atomic E-state index is -0.0658. The molecule has 1 aliphatic heterocycles. The van der Waals surface area contributed by atoms with E-state index in [1.165, 1.54) is 16.9 Å². The van der Waals surface area contributed by atoms with Crippen molar-refractivity contribution in [2.45, 2.75) is 43.7 Å². The van der Waals surface area contributed by atoms with Crippen molar-refractivity contribution in [1.82, 2.24) is 4.90 Å². The predicted molar refractivity (Wildman–Crippen MR) is 82.9 cm³/mol. The Morgan fingerprint density at radius 2 is 2.10 bits per heavy atom. The van der Waals surface area contributed by atoms with Crippen LogP contribution in [0.15, 0.2) is 29.2 Å². The molecule has 0 radical (unpaired) electrons. The molecule has 0 aromatic heterocycles. The molecular formula is C16H23NO2S. The summed E-state index contributed by atoms with van der Waals surface area (Å²) >= 11 is 1.75. The first-order valence-corrected chi connectivity index (χ1v) is 8.50. The number of hydrogen-bond donors (Lipinski definition) is 0. The number of carbonyl (C=O) groups excluding carboxylic acids is 1. The van der Waals surface area contributed by atoms with E-state index in [0.717, 1.165) is 25.9 Å². The molecule has 1 aromatic carbocycles. The van der Waals surface area contributed by atoms with Crippen LogP contribution in [-0.2, 0) is 16.1 Å². The molecule has 0 amide bonds. The van der Waals surface area contributed by atoms with Gasteiger partial charge in [-0.05, 0) is 50.3 Å². The highest BCUT2D eigenvalue weighted by Crippen LogP contribution is 2.22. The lowest BCUT2D eigenvalue weighted by molar-refractivity contribution is -0.151. The van der Waals surface area contributed by atoms with Gasteiger partial charge in [0.05, 0.1) is 6.61 Å². The van der Waals surface area contributed by atoms with Crippen LogP contribution in [0.4, 0.5) is 0 Å². The van der Waals surface area contributed by atoms with Gasteiger partial charge in [0, 0.05) is 11.4 Å². The fraction of sp³-hybridized carbons (Fsp3) is 0.562. The van der Waals surface area contributed by atoms with Crippen LogP contribution in [0.25, 0.3) is 0 Å². The lowest BCUT2D eigenvalue weighted by atomic mass is 10.0. The molecule has 0 bridgehead atoms. The van der Waals surface area contributed by atoms with Gasteiger partial charge in [-0.3, -0.25) is 9.69 Å².